The molecule has 0 atom stereocenters. The van der Waals surface area contributed by atoms with Gasteiger partial charge in [0.1, 0.15) is 10.4 Å². The zero-order valence-electron chi connectivity index (χ0n) is 6.84. The number of hydrazine groups is 1. The van der Waals surface area contributed by atoms with Gasteiger partial charge in [0.15, 0.2) is 0 Å². The molecule has 1 fully saturated rings. The van der Waals surface area contributed by atoms with Gasteiger partial charge in [0.05, 0.1) is 0 Å². The largest absolute Gasteiger partial charge is 0.240 e. The number of nitrogens with zero attached hydrogens (tertiary/aromatic N) is 2. The molecule has 0 aliphatic carbocycles. The van der Waals surface area contributed by atoms with Crippen LogP contribution in [0.4, 0.5) is 0 Å². The Kier molecular flexibility index (Phi) is 3.76. The molecule has 0 unspecified atom stereocenters. The molecule has 0 aromatic rings. The molecule has 0 N–H and O–H groups in total. The van der Waals surface area contributed by atoms with Crippen molar-refractivity contribution in [3.8, 4) is 0 Å². The Morgan fingerprint density at radius 2 is 1.90 bits per heavy atom. The second-order valence-electron chi connectivity index (χ2n) is 2.66. The molecule has 1 rings (SSSR count). The molecule has 0 amide bonds. The van der Waals surface area contributed by atoms with Crippen LogP contribution in [0, 0.1) is 0 Å². The molecule has 0 aromatic carbocycles. The van der Waals surface area contributed by atoms with E-state index in [9.17, 15) is 0 Å². The summed E-state index contributed by atoms with van der Waals surface area (Å²) in [5, 5.41) is 2.47. The number of hydrogen-bond donors (Lipinski definition) is 0. The molecule has 2 nitrogen and oxygen atoms in total. The Bertz CT molecular complexity index is 95.7. The molecule has 0 aromatic heterocycles. The summed E-state index contributed by atoms with van der Waals surface area (Å²) in [4.78, 5) is 0. The second kappa shape index (κ2) is 4.38. The quantitative estimate of drug-likeness (QED) is 0.440. The fourth-order valence-electron chi connectivity index (χ4n) is 1.27. The zero-order chi connectivity index (χ0) is 7.40. The van der Waals surface area contributed by atoms with Crippen LogP contribution in [0.1, 0.15) is 19.3 Å². The highest BCUT2D eigenvalue weighted by atomic mass is 32.2. The lowest BCUT2D eigenvalue weighted by molar-refractivity contribution is 0.120. The van der Waals surface area contributed by atoms with E-state index in [4.69, 9.17) is 0 Å². The highest BCUT2D eigenvalue weighted by Gasteiger charge is 2.12. The summed E-state index contributed by atoms with van der Waals surface area (Å²) < 4.78 is 2.37. The van der Waals surface area contributed by atoms with Crippen molar-refractivity contribution in [2.45, 2.75) is 19.3 Å². The summed E-state index contributed by atoms with van der Waals surface area (Å²) in [6, 6.07) is 0. The summed E-state index contributed by atoms with van der Waals surface area (Å²) >= 11 is 1.85. The van der Waals surface area contributed by atoms with Crippen LogP contribution in [-0.4, -0.2) is 38.8 Å². The van der Waals surface area contributed by atoms with Crippen LogP contribution in [0.3, 0.4) is 0 Å². The van der Waals surface area contributed by atoms with E-state index < -0.39 is 0 Å². The lowest BCUT2D eigenvalue weighted by Crippen LogP contribution is -2.39. The van der Waals surface area contributed by atoms with Crippen molar-refractivity contribution < 1.29 is 0 Å². The molecule has 1 aliphatic heterocycles. The Balaban J connectivity index is 2.24. The standard InChI is InChI=1S/C6H16N2SSi/c1-9-8(10)7-5-3-2-4-6-7/h2-6H2,1,10H3. The normalized spacial score (nSPS) is 22.2. The summed E-state index contributed by atoms with van der Waals surface area (Å²) in [5.41, 5.74) is 0. The van der Waals surface area contributed by atoms with Gasteiger partial charge in [0.25, 0.3) is 0 Å². The third kappa shape index (κ3) is 2.27. The maximum absolute atomic E-state index is 2.47. The molecule has 4 heteroatoms. The highest BCUT2D eigenvalue weighted by molar-refractivity contribution is 7.97. The van der Waals surface area contributed by atoms with E-state index in [2.05, 4.69) is 15.3 Å². The number of hydrogen-bond acceptors (Lipinski definition) is 3. The van der Waals surface area contributed by atoms with Gasteiger partial charge in [-0.3, -0.25) is 0 Å². The van der Waals surface area contributed by atoms with Crippen molar-refractivity contribution in [1.82, 2.24) is 9.09 Å². The Morgan fingerprint density at radius 1 is 1.30 bits per heavy atom. The van der Waals surface area contributed by atoms with E-state index in [1.165, 1.54) is 32.4 Å². The Labute approximate surface area is 70.6 Å². The average Bonchev–Trinajstić information content (AvgIpc) is 2.05. The predicted octanol–water partition coefficient (Wildman–Crippen LogP) is 0.248. The molecule has 60 valence electrons. The summed E-state index contributed by atoms with van der Waals surface area (Å²) in [7, 11) is 1.15. The first-order valence-electron chi connectivity index (χ1n) is 3.87. The van der Waals surface area contributed by atoms with Gasteiger partial charge in [-0.2, -0.15) is 0 Å². The summed E-state index contributed by atoms with van der Waals surface area (Å²) in [6.45, 7) is 2.56. The maximum atomic E-state index is 2.47. The topological polar surface area (TPSA) is 6.48 Å². The van der Waals surface area contributed by atoms with Crippen molar-refractivity contribution in [2.75, 3.05) is 19.3 Å². The van der Waals surface area contributed by atoms with E-state index in [1.807, 2.05) is 11.9 Å². The van der Waals surface area contributed by atoms with Crippen LogP contribution in [-0.2, 0) is 0 Å². The van der Waals surface area contributed by atoms with Crippen LogP contribution < -0.4 is 0 Å². The highest BCUT2D eigenvalue weighted by Crippen LogP contribution is 2.13. The van der Waals surface area contributed by atoms with E-state index in [0.717, 1.165) is 10.4 Å². The average molecular weight is 176 g/mol. The van der Waals surface area contributed by atoms with Gasteiger partial charge >= 0.3 is 0 Å². The number of piperidine rings is 1. The molecular weight excluding hydrogens is 160 g/mol. The first-order valence-corrected chi connectivity index (χ1v) is 5.95. The van der Waals surface area contributed by atoms with Gasteiger partial charge in [0, 0.05) is 13.1 Å². The van der Waals surface area contributed by atoms with Crippen molar-refractivity contribution in [1.29, 1.82) is 0 Å². The fraction of sp³-hybridized carbons (Fsp3) is 1.00. The lowest BCUT2D eigenvalue weighted by Gasteiger charge is -2.33. The number of rotatable bonds is 2. The van der Waals surface area contributed by atoms with E-state index >= 15 is 0 Å². The van der Waals surface area contributed by atoms with Gasteiger partial charge in [-0.05, 0) is 19.1 Å². The molecule has 10 heavy (non-hydrogen) atoms. The first-order chi connectivity index (χ1) is 4.84. The van der Waals surface area contributed by atoms with Crippen molar-refractivity contribution in [2.24, 2.45) is 0 Å². The SMILES string of the molecule is CSN([SiH3])N1CCCCC1. The molecule has 0 bridgehead atoms. The fourth-order valence-corrected chi connectivity index (χ4v) is 2.07. The van der Waals surface area contributed by atoms with Gasteiger partial charge in [-0.15, -0.1) is 0 Å². The molecule has 0 spiro atoms. The van der Waals surface area contributed by atoms with Crippen LogP contribution in [0.25, 0.3) is 0 Å². The van der Waals surface area contributed by atoms with Gasteiger partial charge in [-0.25, -0.2) is 9.09 Å². The predicted molar refractivity (Wildman–Crippen MR) is 50.7 cm³/mol. The van der Waals surface area contributed by atoms with Crippen molar-refractivity contribution in [3.05, 3.63) is 0 Å². The summed E-state index contributed by atoms with van der Waals surface area (Å²) in [5.74, 6) is 0. The minimum atomic E-state index is 1.15. The van der Waals surface area contributed by atoms with Crippen LogP contribution in [0.15, 0.2) is 0 Å². The molecule has 1 aliphatic rings. The van der Waals surface area contributed by atoms with Crippen LogP contribution >= 0.6 is 11.9 Å². The third-order valence-corrected chi connectivity index (χ3v) is 4.42. The zero-order valence-corrected chi connectivity index (χ0v) is 9.65. The Morgan fingerprint density at radius 3 is 2.40 bits per heavy atom. The van der Waals surface area contributed by atoms with Gasteiger partial charge in [-0.1, -0.05) is 18.4 Å². The van der Waals surface area contributed by atoms with E-state index in [0.29, 0.717) is 0 Å². The third-order valence-electron chi connectivity index (χ3n) is 1.99. The minimum absolute atomic E-state index is 1.15. The van der Waals surface area contributed by atoms with Gasteiger partial charge < -0.3 is 0 Å². The molecule has 1 saturated heterocycles. The molecular formula is C6H16N2SSi. The second-order valence-corrected chi connectivity index (χ2v) is 5.05. The van der Waals surface area contributed by atoms with Crippen LogP contribution in [0.5, 0.6) is 0 Å². The molecule has 0 radical (unpaired) electrons. The van der Waals surface area contributed by atoms with Gasteiger partial charge in [0.2, 0.25) is 0 Å². The molecule has 1 heterocycles. The summed E-state index contributed by atoms with van der Waals surface area (Å²) in [6.07, 6.45) is 6.36. The monoisotopic (exact) mass is 176 g/mol. The van der Waals surface area contributed by atoms with Crippen molar-refractivity contribution in [3.63, 3.8) is 0 Å². The smallest absolute Gasteiger partial charge is 0.114 e. The molecule has 0 saturated carbocycles. The Hall–Kier alpha value is 0.487. The van der Waals surface area contributed by atoms with E-state index in [-0.39, 0.29) is 0 Å². The maximum Gasteiger partial charge on any atom is 0.114 e. The van der Waals surface area contributed by atoms with Crippen molar-refractivity contribution >= 4 is 22.4 Å². The first kappa shape index (κ1) is 8.58. The lowest BCUT2D eigenvalue weighted by atomic mass is 10.2. The van der Waals surface area contributed by atoms with E-state index in [1.54, 1.807) is 0 Å². The minimum Gasteiger partial charge on any atom is -0.240 e. The van der Waals surface area contributed by atoms with Crippen LogP contribution in [0.2, 0.25) is 0 Å².